The maximum atomic E-state index is 12.1. The van der Waals surface area contributed by atoms with Gasteiger partial charge in [-0.1, -0.05) is 0 Å². The Balaban J connectivity index is 2.05. The van der Waals surface area contributed by atoms with Gasteiger partial charge in [-0.05, 0) is 31.9 Å². The zero-order chi connectivity index (χ0) is 11.1. The number of aliphatic carboxylic acids is 1. The van der Waals surface area contributed by atoms with Crippen molar-refractivity contribution in [3.05, 3.63) is 0 Å². The summed E-state index contributed by atoms with van der Waals surface area (Å²) in [6.45, 7) is 2.54. The van der Waals surface area contributed by atoms with Crippen molar-refractivity contribution in [1.82, 2.24) is 4.90 Å². The first-order valence-electron chi connectivity index (χ1n) is 5.22. The number of hydrogen-bond donors (Lipinski definition) is 1. The van der Waals surface area contributed by atoms with Crippen molar-refractivity contribution in [3.63, 3.8) is 0 Å². The maximum Gasteiger partial charge on any atom is 0.326 e. The molecule has 0 aromatic carbocycles. The van der Waals surface area contributed by atoms with Crippen molar-refractivity contribution < 1.29 is 14.7 Å². The summed E-state index contributed by atoms with van der Waals surface area (Å²) in [7, 11) is 0. The summed E-state index contributed by atoms with van der Waals surface area (Å²) in [4.78, 5) is 24.4. The highest BCUT2D eigenvalue weighted by molar-refractivity contribution is 8.01. The van der Waals surface area contributed by atoms with E-state index in [2.05, 4.69) is 0 Å². The molecule has 4 nitrogen and oxygen atoms in total. The van der Waals surface area contributed by atoms with Crippen LogP contribution >= 0.6 is 11.8 Å². The number of carboxylic acid groups (broad SMARTS) is 1. The first-order chi connectivity index (χ1) is 7.04. The molecule has 0 aliphatic carbocycles. The normalized spacial score (nSPS) is 35.0. The van der Waals surface area contributed by atoms with Crippen LogP contribution in [0.5, 0.6) is 0 Å². The van der Waals surface area contributed by atoms with Crippen molar-refractivity contribution >= 4 is 23.6 Å². The van der Waals surface area contributed by atoms with E-state index in [4.69, 9.17) is 5.11 Å². The average Bonchev–Trinajstić information content (AvgIpc) is 2.50. The van der Waals surface area contributed by atoms with Crippen molar-refractivity contribution in [1.29, 1.82) is 0 Å². The summed E-state index contributed by atoms with van der Waals surface area (Å²) in [5, 5.41) is 8.88. The number of hydrogen-bond acceptors (Lipinski definition) is 3. The molecule has 2 saturated heterocycles. The van der Waals surface area contributed by atoms with Gasteiger partial charge < -0.3 is 10.0 Å². The third-order valence-electron chi connectivity index (χ3n) is 3.24. The van der Waals surface area contributed by atoms with E-state index < -0.39 is 12.0 Å². The molecule has 1 N–H and O–H groups in total. The van der Waals surface area contributed by atoms with E-state index in [0.29, 0.717) is 13.0 Å². The fourth-order valence-corrected chi connectivity index (χ4v) is 3.41. The Hall–Kier alpha value is -0.710. The van der Waals surface area contributed by atoms with Crippen LogP contribution in [0.2, 0.25) is 0 Å². The number of likely N-dealkylation sites (tertiary alicyclic amines) is 1. The Morgan fingerprint density at radius 2 is 2.27 bits per heavy atom. The quantitative estimate of drug-likeness (QED) is 0.766. The molecule has 1 amide bonds. The second-order valence-electron chi connectivity index (χ2n) is 4.32. The monoisotopic (exact) mass is 229 g/mol. The molecule has 0 saturated carbocycles. The van der Waals surface area contributed by atoms with Crippen LogP contribution in [0.1, 0.15) is 26.2 Å². The second kappa shape index (κ2) is 3.70. The van der Waals surface area contributed by atoms with Gasteiger partial charge in [0.05, 0.1) is 4.75 Å². The minimum Gasteiger partial charge on any atom is -0.480 e. The van der Waals surface area contributed by atoms with Crippen LogP contribution in [0.4, 0.5) is 0 Å². The molecule has 2 aliphatic rings. The number of carbonyl (C=O) groups is 2. The number of rotatable bonds is 2. The topological polar surface area (TPSA) is 57.6 Å². The Bertz CT molecular complexity index is 299. The van der Waals surface area contributed by atoms with E-state index in [1.54, 1.807) is 11.8 Å². The largest absolute Gasteiger partial charge is 0.480 e. The van der Waals surface area contributed by atoms with E-state index >= 15 is 0 Å². The Kier molecular flexibility index (Phi) is 2.66. The minimum atomic E-state index is -0.874. The lowest BCUT2D eigenvalue weighted by Gasteiger charge is -2.42. The molecule has 2 fully saturated rings. The van der Waals surface area contributed by atoms with Crippen LogP contribution in [-0.2, 0) is 9.59 Å². The van der Waals surface area contributed by atoms with Crippen molar-refractivity contribution in [2.24, 2.45) is 0 Å². The molecule has 0 radical (unpaired) electrons. The summed E-state index contributed by atoms with van der Waals surface area (Å²) in [5.74, 6) is 0.151. The van der Waals surface area contributed by atoms with E-state index in [1.165, 1.54) is 4.90 Å². The van der Waals surface area contributed by atoms with E-state index in [0.717, 1.165) is 18.6 Å². The van der Waals surface area contributed by atoms with Gasteiger partial charge >= 0.3 is 5.97 Å². The molecule has 0 bridgehead atoms. The number of thioether (sulfide) groups is 1. The van der Waals surface area contributed by atoms with Crippen LogP contribution in [0, 0.1) is 0 Å². The van der Waals surface area contributed by atoms with Gasteiger partial charge in [-0.15, -0.1) is 11.8 Å². The molecule has 0 aromatic heterocycles. The lowest BCUT2D eigenvalue weighted by molar-refractivity contribution is -0.158. The zero-order valence-corrected chi connectivity index (χ0v) is 9.55. The fourth-order valence-electron chi connectivity index (χ4n) is 2.14. The second-order valence-corrected chi connectivity index (χ2v) is 5.92. The molecule has 5 heteroatoms. The van der Waals surface area contributed by atoms with Crippen molar-refractivity contribution in [3.8, 4) is 0 Å². The number of amides is 1. The number of carbonyl (C=O) groups excluding carboxylic acids is 1. The predicted molar refractivity (Wildman–Crippen MR) is 57.9 cm³/mol. The fraction of sp³-hybridized carbons (Fsp3) is 0.800. The lowest BCUT2D eigenvalue weighted by Crippen LogP contribution is -2.59. The van der Waals surface area contributed by atoms with Gasteiger partial charge in [0.15, 0.2) is 0 Å². The highest BCUT2D eigenvalue weighted by Gasteiger charge is 2.46. The van der Waals surface area contributed by atoms with Gasteiger partial charge in [0.2, 0.25) is 5.91 Å². The summed E-state index contributed by atoms with van der Waals surface area (Å²) in [6, 6.07) is -0.574. The number of carboxylic acids is 1. The molecule has 0 aromatic rings. The molecular formula is C10H15NO3S. The van der Waals surface area contributed by atoms with Gasteiger partial charge in [0.1, 0.15) is 6.04 Å². The van der Waals surface area contributed by atoms with Crippen molar-refractivity contribution in [2.45, 2.75) is 37.0 Å². The smallest absolute Gasteiger partial charge is 0.326 e. The molecule has 84 valence electrons. The maximum absolute atomic E-state index is 12.1. The molecule has 0 spiro atoms. The third-order valence-corrected chi connectivity index (χ3v) is 4.75. The molecule has 15 heavy (non-hydrogen) atoms. The lowest BCUT2D eigenvalue weighted by atomic mass is 9.97. The SMILES string of the molecule is CC1(C(=O)N2CCC2C(=O)O)CCCS1. The Morgan fingerprint density at radius 3 is 2.67 bits per heavy atom. The van der Waals surface area contributed by atoms with Gasteiger partial charge in [-0.2, -0.15) is 0 Å². The van der Waals surface area contributed by atoms with E-state index in [-0.39, 0.29) is 10.7 Å². The molecule has 2 heterocycles. The Labute approximate surface area is 93.0 Å². The predicted octanol–water partition coefficient (Wildman–Crippen LogP) is 0.958. The number of nitrogens with zero attached hydrogens (tertiary/aromatic N) is 1. The third kappa shape index (κ3) is 1.73. The van der Waals surface area contributed by atoms with Gasteiger partial charge in [-0.3, -0.25) is 4.79 Å². The molecule has 2 atom stereocenters. The van der Waals surface area contributed by atoms with E-state index in [9.17, 15) is 9.59 Å². The van der Waals surface area contributed by atoms with Gasteiger partial charge in [0, 0.05) is 6.54 Å². The summed E-state index contributed by atoms with van der Waals surface area (Å²) in [5.41, 5.74) is 0. The van der Waals surface area contributed by atoms with Crippen LogP contribution in [0.25, 0.3) is 0 Å². The molecular weight excluding hydrogens is 214 g/mol. The van der Waals surface area contributed by atoms with E-state index in [1.807, 2.05) is 6.92 Å². The summed E-state index contributed by atoms with van der Waals surface area (Å²) >= 11 is 1.66. The molecule has 2 aliphatic heterocycles. The van der Waals surface area contributed by atoms with Crippen LogP contribution in [0.15, 0.2) is 0 Å². The first kappa shape index (κ1) is 10.8. The molecule has 2 rings (SSSR count). The highest BCUT2D eigenvalue weighted by Crippen LogP contribution is 2.40. The average molecular weight is 229 g/mol. The summed E-state index contributed by atoms with van der Waals surface area (Å²) in [6.07, 6.45) is 2.53. The van der Waals surface area contributed by atoms with Crippen molar-refractivity contribution in [2.75, 3.05) is 12.3 Å². The minimum absolute atomic E-state index is 0.0173. The van der Waals surface area contributed by atoms with Gasteiger partial charge in [-0.25, -0.2) is 4.79 Å². The summed E-state index contributed by atoms with van der Waals surface area (Å²) < 4.78 is -0.367. The zero-order valence-electron chi connectivity index (χ0n) is 8.73. The Morgan fingerprint density at radius 1 is 1.53 bits per heavy atom. The van der Waals surface area contributed by atoms with Crippen LogP contribution in [-0.4, -0.2) is 45.0 Å². The first-order valence-corrected chi connectivity index (χ1v) is 6.21. The molecule has 2 unspecified atom stereocenters. The highest BCUT2D eigenvalue weighted by atomic mass is 32.2. The van der Waals surface area contributed by atoms with Gasteiger partial charge in [0.25, 0.3) is 0 Å². The van der Waals surface area contributed by atoms with Crippen LogP contribution in [0.3, 0.4) is 0 Å². The van der Waals surface area contributed by atoms with Crippen LogP contribution < -0.4 is 0 Å². The standard InChI is InChI=1S/C10H15NO3S/c1-10(4-2-6-15-10)9(14)11-5-3-7(11)8(12)13/h7H,2-6H2,1H3,(H,12,13).